The molecule has 0 bridgehead atoms. The van der Waals surface area contributed by atoms with Crippen LogP contribution in [0.25, 0.3) is 0 Å². The quantitative estimate of drug-likeness (QED) is 0.590. The number of hydrogen-bond acceptors (Lipinski definition) is 2. The maximum atomic E-state index is 10.7. The molecule has 3 heteroatoms. The molecule has 3 nitrogen and oxygen atoms in total. The van der Waals surface area contributed by atoms with Gasteiger partial charge in [0.1, 0.15) is 0 Å². The Morgan fingerprint density at radius 1 is 1.38 bits per heavy atom. The maximum absolute atomic E-state index is 10.7. The number of carbonyl (C=O) groups is 1. The number of epoxide rings is 1. The van der Waals surface area contributed by atoms with Crippen molar-refractivity contribution >= 4 is 5.97 Å². The number of carboxylic acid groups (broad SMARTS) is 1. The van der Waals surface area contributed by atoms with E-state index < -0.39 is 5.97 Å². The van der Waals surface area contributed by atoms with E-state index in [0.717, 1.165) is 25.4 Å². The summed E-state index contributed by atoms with van der Waals surface area (Å²) in [6.07, 6.45) is 8.43. The highest BCUT2D eigenvalue weighted by Gasteiger charge is 2.29. The molecule has 0 spiro atoms. The molecule has 0 aromatic heterocycles. The topological polar surface area (TPSA) is 49.8 Å². The fraction of sp³-hybridized carbons (Fsp3) is 0.769. The van der Waals surface area contributed by atoms with Crippen LogP contribution >= 0.6 is 0 Å². The summed E-state index contributed by atoms with van der Waals surface area (Å²) in [5, 5.41) is 8.81. The molecule has 0 amide bonds. The van der Waals surface area contributed by atoms with Gasteiger partial charge in [0, 0.05) is 5.57 Å². The van der Waals surface area contributed by atoms with Crippen molar-refractivity contribution in [2.24, 2.45) is 11.8 Å². The fourth-order valence-electron chi connectivity index (χ4n) is 2.59. The van der Waals surface area contributed by atoms with Crippen molar-refractivity contribution in [3.63, 3.8) is 0 Å². The lowest BCUT2D eigenvalue weighted by molar-refractivity contribution is -0.132. The summed E-state index contributed by atoms with van der Waals surface area (Å²) in [5.74, 6) is 0.503. The van der Waals surface area contributed by atoms with Gasteiger partial charge in [0.25, 0.3) is 0 Å². The van der Waals surface area contributed by atoms with Gasteiger partial charge in [-0.3, -0.25) is 0 Å². The smallest absolute Gasteiger partial charge is 0.330 e. The van der Waals surface area contributed by atoms with Crippen molar-refractivity contribution < 1.29 is 14.6 Å². The highest BCUT2D eigenvalue weighted by Crippen LogP contribution is 2.35. The Labute approximate surface area is 96.5 Å². The van der Waals surface area contributed by atoms with Crippen LogP contribution in [0.15, 0.2) is 11.6 Å². The zero-order valence-corrected chi connectivity index (χ0v) is 9.82. The lowest BCUT2D eigenvalue weighted by Gasteiger charge is -2.26. The van der Waals surface area contributed by atoms with Crippen LogP contribution in [0, 0.1) is 11.8 Å². The summed E-state index contributed by atoms with van der Waals surface area (Å²) in [6.45, 7) is 2.64. The van der Waals surface area contributed by atoms with Crippen LogP contribution < -0.4 is 0 Å². The van der Waals surface area contributed by atoms with Crippen LogP contribution in [0.3, 0.4) is 0 Å². The number of carboxylic acids is 1. The Bertz CT molecular complexity index is 284. The fourth-order valence-corrected chi connectivity index (χ4v) is 2.59. The van der Waals surface area contributed by atoms with Gasteiger partial charge in [-0.2, -0.15) is 0 Å². The van der Waals surface area contributed by atoms with E-state index in [4.69, 9.17) is 9.84 Å². The van der Waals surface area contributed by atoms with E-state index in [2.05, 4.69) is 0 Å². The second-order valence-electron chi connectivity index (χ2n) is 5.13. The number of allylic oxidation sites excluding steroid dienone is 1. The normalized spacial score (nSPS) is 34.8. The lowest BCUT2D eigenvalue weighted by atomic mass is 9.79. The van der Waals surface area contributed by atoms with E-state index in [1.165, 1.54) is 19.3 Å². The molecule has 90 valence electrons. The summed E-state index contributed by atoms with van der Waals surface area (Å²) in [4.78, 5) is 10.7. The van der Waals surface area contributed by atoms with Gasteiger partial charge in [-0.25, -0.2) is 4.79 Å². The molecule has 2 aliphatic rings. The third kappa shape index (κ3) is 3.34. The van der Waals surface area contributed by atoms with Gasteiger partial charge in [0.05, 0.1) is 12.7 Å². The van der Waals surface area contributed by atoms with E-state index in [-0.39, 0.29) is 0 Å². The van der Waals surface area contributed by atoms with E-state index in [1.54, 1.807) is 6.92 Å². The van der Waals surface area contributed by atoms with Crippen LogP contribution in [0.2, 0.25) is 0 Å². The molecule has 0 aromatic rings. The molecular weight excluding hydrogens is 204 g/mol. The zero-order valence-electron chi connectivity index (χ0n) is 9.82. The molecule has 1 atom stereocenters. The molecule has 1 unspecified atom stereocenters. The summed E-state index contributed by atoms with van der Waals surface area (Å²) in [7, 11) is 0. The molecule has 0 aromatic carbocycles. The molecule has 1 N–H and O–H groups in total. The third-order valence-electron chi connectivity index (χ3n) is 3.71. The number of aliphatic carboxylic acids is 1. The van der Waals surface area contributed by atoms with Gasteiger partial charge >= 0.3 is 5.97 Å². The average Bonchev–Trinajstić information content (AvgIpc) is 3.04. The van der Waals surface area contributed by atoms with E-state index in [0.29, 0.717) is 17.6 Å². The number of ether oxygens (including phenoxy) is 1. The standard InChI is InChI=1S/C13H20O3/c1-9(13(14)15)6-10-2-4-11(5-3-10)7-12-8-16-12/h6,10-12H,2-5,7-8H2,1H3,(H,14,15)/b9-6+. The Balaban J connectivity index is 1.75. The van der Waals surface area contributed by atoms with Gasteiger partial charge < -0.3 is 9.84 Å². The minimum atomic E-state index is -0.784. The van der Waals surface area contributed by atoms with Crippen molar-refractivity contribution in [1.82, 2.24) is 0 Å². The largest absolute Gasteiger partial charge is 0.478 e. The monoisotopic (exact) mass is 224 g/mol. The highest BCUT2D eigenvalue weighted by molar-refractivity contribution is 5.85. The molecule has 2 rings (SSSR count). The predicted molar refractivity (Wildman–Crippen MR) is 61.2 cm³/mol. The van der Waals surface area contributed by atoms with Gasteiger partial charge in [0.15, 0.2) is 0 Å². The van der Waals surface area contributed by atoms with E-state index in [1.807, 2.05) is 6.08 Å². The third-order valence-corrected chi connectivity index (χ3v) is 3.71. The summed E-state index contributed by atoms with van der Waals surface area (Å²) < 4.78 is 5.24. The van der Waals surface area contributed by atoms with Gasteiger partial charge in [-0.15, -0.1) is 0 Å². The molecule has 1 aliphatic carbocycles. The first-order valence-corrected chi connectivity index (χ1v) is 6.18. The maximum Gasteiger partial charge on any atom is 0.330 e. The molecule has 1 saturated carbocycles. The molecule has 2 fully saturated rings. The average molecular weight is 224 g/mol. The van der Waals surface area contributed by atoms with E-state index >= 15 is 0 Å². The number of rotatable bonds is 4. The molecule has 1 saturated heterocycles. The molecule has 1 heterocycles. The lowest BCUT2D eigenvalue weighted by Crippen LogP contribution is -2.15. The SMILES string of the molecule is C/C(=C\C1CCC(CC2CO2)CC1)C(=O)O. The van der Waals surface area contributed by atoms with E-state index in [9.17, 15) is 4.79 Å². The van der Waals surface area contributed by atoms with Gasteiger partial charge in [0.2, 0.25) is 0 Å². The van der Waals surface area contributed by atoms with Crippen LogP contribution in [0.5, 0.6) is 0 Å². The Morgan fingerprint density at radius 2 is 2.00 bits per heavy atom. The number of hydrogen-bond donors (Lipinski definition) is 1. The summed E-state index contributed by atoms with van der Waals surface area (Å²) in [6, 6.07) is 0. The molecular formula is C13H20O3. The summed E-state index contributed by atoms with van der Waals surface area (Å²) in [5.41, 5.74) is 0.494. The van der Waals surface area contributed by atoms with Crippen molar-refractivity contribution in [3.8, 4) is 0 Å². The zero-order chi connectivity index (χ0) is 11.5. The van der Waals surface area contributed by atoms with Crippen LogP contribution in [0.1, 0.15) is 39.0 Å². The second-order valence-corrected chi connectivity index (χ2v) is 5.13. The molecule has 16 heavy (non-hydrogen) atoms. The Kier molecular flexibility index (Phi) is 3.64. The predicted octanol–water partition coefficient (Wildman–Crippen LogP) is 2.61. The first kappa shape index (κ1) is 11.6. The second kappa shape index (κ2) is 5.00. The van der Waals surface area contributed by atoms with Crippen molar-refractivity contribution in [2.75, 3.05) is 6.61 Å². The minimum Gasteiger partial charge on any atom is -0.478 e. The van der Waals surface area contributed by atoms with Crippen LogP contribution in [0.4, 0.5) is 0 Å². The van der Waals surface area contributed by atoms with Crippen LogP contribution in [-0.4, -0.2) is 23.8 Å². The van der Waals surface area contributed by atoms with Crippen molar-refractivity contribution in [1.29, 1.82) is 0 Å². The summed E-state index contributed by atoms with van der Waals surface area (Å²) >= 11 is 0. The highest BCUT2D eigenvalue weighted by atomic mass is 16.6. The Morgan fingerprint density at radius 3 is 2.50 bits per heavy atom. The first-order valence-electron chi connectivity index (χ1n) is 6.18. The molecule has 1 aliphatic heterocycles. The Hall–Kier alpha value is -0.830. The minimum absolute atomic E-state index is 0.479. The first-order chi connectivity index (χ1) is 7.65. The van der Waals surface area contributed by atoms with Gasteiger partial charge in [-0.1, -0.05) is 6.08 Å². The van der Waals surface area contributed by atoms with Crippen molar-refractivity contribution in [3.05, 3.63) is 11.6 Å². The van der Waals surface area contributed by atoms with Gasteiger partial charge in [-0.05, 0) is 50.9 Å². The molecule has 0 radical (unpaired) electrons. The van der Waals surface area contributed by atoms with Crippen molar-refractivity contribution in [2.45, 2.75) is 45.1 Å². The van der Waals surface area contributed by atoms with Crippen LogP contribution in [-0.2, 0) is 9.53 Å².